The van der Waals surface area contributed by atoms with Gasteiger partial charge in [0.25, 0.3) is 0 Å². The fourth-order valence-corrected chi connectivity index (χ4v) is 4.14. The van der Waals surface area contributed by atoms with Crippen molar-refractivity contribution in [3.63, 3.8) is 0 Å². The maximum atomic E-state index is 11.4. The Bertz CT molecular complexity index is 1050. The van der Waals surface area contributed by atoms with E-state index in [0.717, 1.165) is 53.3 Å². The number of benzene rings is 2. The highest BCUT2D eigenvalue weighted by atomic mass is 79.9. The summed E-state index contributed by atoms with van der Waals surface area (Å²) >= 11 is 9.16. The van der Waals surface area contributed by atoms with Gasteiger partial charge >= 0.3 is 0 Å². The second kappa shape index (κ2) is 8.65. The number of ketones is 1. The molecule has 5 nitrogen and oxygen atoms in total. The Morgan fingerprint density at radius 3 is 2.17 bits per heavy atom. The quantitative estimate of drug-likeness (QED) is 0.397. The van der Waals surface area contributed by atoms with Crippen LogP contribution in [0.4, 0.5) is 5.69 Å². The van der Waals surface area contributed by atoms with Crippen LogP contribution in [-0.2, 0) is 6.67 Å². The second-order valence-corrected chi connectivity index (χ2v) is 8.53. The van der Waals surface area contributed by atoms with E-state index >= 15 is 0 Å². The van der Waals surface area contributed by atoms with Crippen LogP contribution >= 0.6 is 28.1 Å². The number of piperazine rings is 1. The summed E-state index contributed by atoms with van der Waals surface area (Å²) in [6.07, 6.45) is 4.08. The maximum Gasteiger partial charge on any atom is 0.185 e. The van der Waals surface area contributed by atoms with E-state index in [0.29, 0.717) is 0 Å². The molecule has 1 fully saturated rings. The van der Waals surface area contributed by atoms with Crippen LogP contribution in [0, 0.1) is 4.77 Å². The highest BCUT2D eigenvalue weighted by Crippen LogP contribution is 2.19. The highest BCUT2D eigenvalue weighted by Gasteiger charge is 2.18. The van der Waals surface area contributed by atoms with Crippen molar-refractivity contribution in [2.45, 2.75) is 13.6 Å². The average molecular weight is 471 g/mol. The van der Waals surface area contributed by atoms with Crippen molar-refractivity contribution in [1.29, 1.82) is 0 Å². The summed E-state index contributed by atoms with van der Waals surface area (Å²) in [7, 11) is 0. The first-order chi connectivity index (χ1) is 14.0. The van der Waals surface area contributed by atoms with Crippen molar-refractivity contribution >= 4 is 39.6 Å². The largest absolute Gasteiger partial charge is 0.369 e. The van der Waals surface area contributed by atoms with Gasteiger partial charge < -0.3 is 9.47 Å². The van der Waals surface area contributed by atoms with Gasteiger partial charge in [0.2, 0.25) is 0 Å². The molecular formula is C22H23BrN4OS. The Balaban J connectivity index is 1.38. The molecule has 2 heterocycles. The number of rotatable bonds is 5. The zero-order valence-corrected chi connectivity index (χ0v) is 18.7. The number of carbonyl (C=O) groups is 1. The van der Waals surface area contributed by atoms with Gasteiger partial charge in [0, 0.05) is 60.0 Å². The molecule has 0 aliphatic carbocycles. The predicted octanol–water partition coefficient (Wildman–Crippen LogP) is 4.75. The van der Waals surface area contributed by atoms with Crippen molar-refractivity contribution in [2.75, 3.05) is 31.1 Å². The fraction of sp³-hybridized carbons (Fsp3) is 0.273. The Kier molecular flexibility index (Phi) is 5.99. The zero-order chi connectivity index (χ0) is 20.4. The molecule has 0 bridgehead atoms. The number of imidazole rings is 1. The van der Waals surface area contributed by atoms with Gasteiger partial charge in [-0.1, -0.05) is 15.9 Å². The molecule has 0 spiro atoms. The summed E-state index contributed by atoms with van der Waals surface area (Å²) in [5.41, 5.74) is 3.00. The van der Waals surface area contributed by atoms with E-state index in [4.69, 9.17) is 12.2 Å². The summed E-state index contributed by atoms with van der Waals surface area (Å²) in [4.78, 5) is 16.2. The Labute approximate surface area is 184 Å². The van der Waals surface area contributed by atoms with Crippen LogP contribution in [0.25, 0.3) is 5.69 Å². The maximum absolute atomic E-state index is 11.4. The van der Waals surface area contributed by atoms with Crippen LogP contribution < -0.4 is 4.90 Å². The molecule has 1 aromatic heterocycles. The normalized spacial score (nSPS) is 14.9. The molecule has 0 unspecified atom stereocenters. The molecule has 0 N–H and O–H groups in total. The van der Waals surface area contributed by atoms with E-state index in [1.807, 2.05) is 47.2 Å². The van der Waals surface area contributed by atoms with E-state index in [1.54, 1.807) is 6.92 Å². The van der Waals surface area contributed by atoms with Crippen molar-refractivity contribution < 1.29 is 4.79 Å². The minimum absolute atomic E-state index is 0.105. The van der Waals surface area contributed by atoms with Crippen LogP contribution in [0.15, 0.2) is 65.4 Å². The molecular weight excluding hydrogens is 448 g/mol. The topological polar surface area (TPSA) is 33.4 Å². The molecule has 29 heavy (non-hydrogen) atoms. The number of aromatic nitrogens is 2. The van der Waals surface area contributed by atoms with Crippen LogP contribution in [0.1, 0.15) is 17.3 Å². The average Bonchev–Trinajstić information content (AvgIpc) is 3.09. The van der Waals surface area contributed by atoms with Gasteiger partial charge in [-0.2, -0.15) is 0 Å². The zero-order valence-electron chi connectivity index (χ0n) is 16.3. The molecule has 2 aromatic carbocycles. The van der Waals surface area contributed by atoms with E-state index in [-0.39, 0.29) is 5.78 Å². The van der Waals surface area contributed by atoms with E-state index < -0.39 is 0 Å². The minimum Gasteiger partial charge on any atom is -0.369 e. The number of halogens is 1. The first-order valence-corrected chi connectivity index (χ1v) is 10.8. The molecule has 0 atom stereocenters. The molecule has 1 aliphatic heterocycles. The van der Waals surface area contributed by atoms with Crippen molar-refractivity contribution in [3.05, 3.63) is 75.7 Å². The molecule has 150 valence electrons. The van der Waals surface area contributed by atoms with E-state index in [1.165, 1.54) is 5.69 Å². The van der Waals surface area contributed by atoms with Crippen molar-refractivity contribution in [1.82, 2.24) is 14.0 Å². The molecule has 0 saturated carbocycles. The number of anilines is 1. The smallest absolute Gasteiger partial charge is 0.185 e. The predicted molar refractivity (Wildman–Crippen MR) is 123 cm³/mol. The third-order valence-electron chi connectivity index (χ3n) is 5.32. The highest BCUT2D eigenvalue weighted by molar-refractivity contribution is 9.10. The number of Topliss-reactive ketones (excluding diaryl/α,β-unsaturated/α-hetero) is 1. The van der Waals surface area contributed by atoms with E-state index in [9.17, 15) is 4.79 Å². The fourth-order valence-electron chi connectivity index (χ4n) is 3.59. The summed E-state index contributed by atoms with van der Waals surface area (Å²) < 4.78 is 6.01. The van der Waals surface area contributed by atoms with E-state index in [2.05, 4.69) is 48.6 Å². The van der Waals surface area contributed by atoms with Gasteiger partial charge in [0.1, 0.15) is 0 Å². The van der Waals surface area contributed by atoms with Gasteiger partial charge in [0.15, 0.2) is 10.6 Å². The number of hydrogen-bond donors (Lipinski definition) is 0. The third-order valence-corrected chi connectivity index (χ3v) is 6.28. The molecule has 3 aromatic rings. The lowest BCUT2D eigenvalue weighted by Gasteiger charge is -2.36. The molecule has 1 saturated heterocycles. The van der Waals surface area contributed by atoms with Crippen LogP contribution in [0.2, 0.25) is 0 Å². The summed E-state index contributed by atoms with van der Waals surface area (Å²) in [5, 5.41) is 0. The standard InChI is InChI=1S/C22H23BrN4OS/c1-17(28)18-2-6-20(7-3-18)25-12-10-24(11-13-25)16-26-14-15-27(22(26)29)21-8-4-19(23)5-9-21/h2-9,14-15H,10-13,16H2,1H3. The first kappa shape index (κ1) is 20.1. The van der Waals surface area contributed by atoms with Gasteiger partial charge in [-0.05, 0) is 67.7 Å². The van der Waals surface area contributed by atoms with Crippen molar-refractivity contribution in [3.8, 4) is 5.69 Å². The lowest BCUT2D eigenvalue weighted by Crippen LogP contribution is -2.46. The second-order valence-electron chi connectivity index (χ2n) is 7.25. The molecule has 1 aliphatic rings. The number of nitrogens with zero attached hydrogens (tertiary/aromatic N) is 4. The minimum atomic E-state index is 0.105. The molecule has 4 rings (SSSR count). The van der Waals surface area contributed by atoms with Gasteiger partial charge in [-0.25, -0.2) is 0 Å². The molecule has 0 amide bonds. The van der Waals surface area contributed by atoms with Crippen molar-refractivity contribution in [2.24, 2.45) is 0 Å². The lowest BCUT2D eigenvalue weighted by atomic mass is 10.1. The Hall–Kier alpha value is -2.22. The number of hydrogen-bond acceptors (Lipinski definition) is 4. The van der Waals surface area contributed by atoms with Crippen LogP contribution in [0.3, 0.4) is 0 Å². The summed E-state index contributed by atoms with van der Waals surface area (Å²) in [6.45, 7) is 6.25. The third kappa shape index (κ3) is 4.52. The van der Waals surface area contributed by atoms with Gasteiger partial charge in [-0.15, -0.1) is 0 Å². The number of carbonyl (C=O) groups excluding carboxylic acids is 1. The summed E-state index contributed by atoms with van der Waals surface area (Å²) in [5.74, 6) is 0.105. The SMILES string of the molecule is CC(=O)c1ccc(N2CCN(Cn3ccn(-c4ccc(Br)cc4)c3=S)CC2)cc1. The van der Waals surface area contributed by atoms with Crippen LogP contribution in [-0.4, -0.2) is 46.0 Å². The Morgan fingerprint density at radius 2 is 1.55 bits per heavy atom. The molecule has 0 radical (unpaired) electrons. The van der Waals surface area contributed by atoms with Crippen LogP contribution in [0.5, 0.6) is 0 Å². The molecule has 7 heteroatoms. The Morgan fingerprint density at radius 1 is 0.931 bits per heavy atom. The van der Waals surface area contributed by atoms with Gasteiger partial charge in [-0.3, -0.25) is 14.3 Å². The first-order valence-electron chi connectivity index (χ1n) is 9.63. The lowest BCUT2D eigenvalue weighted by molar-refractivity contribution is 0.101. The monoisotopic (exact) mass is 470 g/mol. The summed E-state index contributed by atoms with van der Waals surface area (Å²) in [6, 6.07) is 16.1. The van der Waals surface area contributed by atoms with Gasteiger partial charge in [0.05, 0.1) is 6.67 Å².